The number of nitrogens with zero attached hydrogens (tertiary/aromatic N) is 4. The second-order valence-electron chi connectivity index (χ2n) is 10.7. The molecule has 0 unspecified atom stereocenters. The minimum atomic E-state index is -2.77. The summed E-state index contributed by atoms with van der Waals surface area (Å²) in [5.41, 5.74) is -0.443. The van der Waals surface area contributed by atoms with Gasteiger partial charge in [0, 0.05) is 19.8 Å². The lowest BCUT2D eigenvalue weighted by atomic mass is 9.58. The molecular weight excluding hydrogens is 497 g/mol. The number of alkyl halides is 2. The van der Waals surface area contributed by atoms with Crippen molar-refractivity contribution in [2.75, 3.05) is 11.9 Å². The molecule has 0 atom stereocenters. The Morgan fingerprint density at radius 1 is 1.24 bits per heavy atom. The van der Waals surface area contributed by atoms with Crippen LogP contribution in [0.25, 0.3) is 0 Å². The molecule has 2 aromatic heterocycles. The molecule has 2 aliphatic carbocycles. The summed E-state index contributed by atoms with van der Waals surface area (Å²) < 4.78 is 43.9. The average Bonchev–Trinajstić information content (AvgIpc) is 3.57. The number of hydrogen-bond donors (Lipinski definition) is 2. The number of anilines is 1. The second kappa shape index (κ2) is 10.4. The molecule has 0 radical (unpaired) electrons. The Hall–Kier alpha value is -3.47. The van der Waals surface area contributed by atoms with Crippen molar-refractivity contribution < 1.29 is 18.0 Å². The molecule has 0 aliphatic heterocycles. The van der Waals surface area contributed by atoms with Crippen molar-refractivity contribution in [3.05, 3.63) is 75.5 Å². The van der Waals surface area contributed by atoms with E-state index in [9.17, 15) is 22.8 Å². The summed E-state index contributed by atoms with van der Waals surface area (Å²) in [6.45, 7) is 2.39. The number of aryl methyl sites for hydroxylation is 1. The van der Waals surface area contributed by atoms with Crippen LogP contribution < -0.4 is 16.2 Å². The quantitative estimate of drug-likeness (QED) is 0.417. The maximum absolute atomic E-state index is 14.9. The molecule has 2 aliphatic rings. The Morgan fingerprint density at radius 3 is 2.63 bits per heavy atom. The highest BCUT2D eigenvalue weighted by Crippen LogP contribution is 2.51. The molecule has 5 rings (SSSR count). The average molecular weight is 529 g/mol. The highest BCUT2D eigenvalue weighted by molar-refractivity contribution is 6.04. The number of aromatic nitrogens is 4. The Bertz CT molecular complexity index is 1390. The number of pyridine rings is 1. The molecule has 202 valence electrons. The predicted octanol–water partition coefficient (Wildman–Crippen LogP) is 3.85. The maximum Gasteiger partial charge on any atom is 0.263 e. The van der Waals surface area contributed by atoms with Crippen molar-refractivity contribution in [3.8, 4) is 0 Å². The Balaban J connectivity index is 1.44. The number of amides is 1. The summed E-state index contributed by atoms with van der Waals surface area (Å²) in [5.74, 6) is 0.258. The van der Waals surface area contributed by atoms with E-state index in [1.807, 2.05) is 11.6 Å². The zero-order valence-corrected chi connectivity index (χ0v) is 21.4. The van der Waals surface area contributed by atoms with E-state index in [1.54, 1.807) is 18.5 Å². The first-order valence-corrected chi connectivity index (χ1v) is 12.8. The maximum atomic E-state index is 14.9. The van der Waals surface area contributed by atoms with Crippen molar-refractivity contribution in [3.63, 3.8) is 0 Å². The van der Waals surface area contributed by atoms with Gasteiger partial charge in [-0.3, -0.25) is 9.59 Å². The van der Waals surface area contributed by atoms with Gasteiger partial charge < -0.3 is 19.8 Å². The SMILES string of the molecule is CC1CC(c2ccc(F)c(NC(=O)c3cc(CNCC4CC4)cn(CC(F)F)c3=O)c2)(c2nncn2C)C1. The Labute approximate surface area is 218 Å². The van der Waals surface area contributed by atoms with Crippen LogP contribution in [0.1, 0.15) is 59.9 Å². The molecule has 11 heteroatoms. The molecule has 2 N–H and O–H groups in total. The lowest BCUT2D eigenvalue weighted by Crippen LogP contribution is -2.43. The van der Waals surface area contributed by atoms with Gasteiger partial charge in [0.15, 0.2) is 0 Å². The molecule has 0 spiro atoms. The van der Waals surface area contributed by atoms with Crippen LogP contribution in [0.15, 0.2) is 41.6 Å². The van der Waals surface area contributed by atoms with Gasteiger partial charge in [0.25, 0.3) is 17.9 Å². The highest BCUT2D eigenvalue weighted by Gasteiger charge is 2.48. The van der Waals surface area contributed by atoms with E-state index in [1.165, 1.54) is 18.3 Å². The van der Waals surface area contributed by atoms with Crippen LogP contribution >= 0.6 is 0 Å². The molecule has 1 amide bonds. The van der Waals surface area contributed by atoms with Crippen LogP contribution in [0.3, 0.4) is 0 Å². The molecule has 0 bridgehead atoms. The molecule has 0 saturated heterocycles. The lowest BCUT2D eigenvalue weighted by Gasteiger charge is -2.46. The summed E-state index contributed by atoms with van der Waals surface area (Å²) >= 11 is 0. The van der Waals surface area contributed by atoms with Crippen LogP contribution in [0.5, 0.6) is 0 Å². The third kappa shape index (κ3) is 5.24. The molecule has 1 aromatic carbocycles. The molecule has 2 saturated carbocycles. The van der Waals surface area contributed by atoms with Gasteiger partial charge in [0.05, 0.1) is 17.6 Å². The zero-order valence-electron chi connectivity index (χ0n) is 21.4. The van der Waals surface area contributed by atoms with Crippen LogP contribution in [-0.2, 0) is 25.6 Å². The largest absolute Gasteiger partial charge is 0.320 e. The van der Waals surface area contributed by atoms with E-state index in [4.69, 9.17) is 0 Å². The fourth-order valence-corrected chi connectivity index (χ4v) is 5.49. The van der Waals surface area contributed by atoms with Crippen LogP contribution in [0.2, 0.25) is 0 Å². The Kier molecular flexibility index (Phi) is 7.13. The smallest absolute Gasteiger partial charge is 0.263 e. The van der Waals surface area contributed by atoms with Gasteiger partial charge in [0.2, 0.25) is 0 Å². The number of benzene rings is 1. The first kappa shape index (κ1) is 26.1. The summed E-state index contributed by atoms with van der Waals surface area (Å²) in [6, 6.07) is 5.90. The lowest BCUT2D eigenvalue weighted by molar-refractivity contribution is 0.101. The van der Waals surface area contributed by atoms with Gasteiger partial charge in [-0.15, -0.1) is 10.2 Å². The van der Waals surface area contributed by atoms with Gasteiger partial charge in [0.1, 0.15) is 23.5 Å². The minimum Gasteiger partial charge on any atom is -0.320 e. The standard InChI is InChI=1S/C27H31F3N6O2/c1-16-9-27(10-16,26-34-32-15-35(26)2)19-5-6-21(28)22(8-19)33-24(37)20-7-18(12-31-11-17-3-4-17)13-36(25(20)38)14-23(29)30/h5-8,13,15-17,23,31H,3-4,9-12,14H2,1-2H3,(H,33,37). The van der Waals surface area contributed by atoms with Gasteiger partial charge in [-0.25, -0.2) is 13.2 Å². The summed E-state index contributed by atoms with van der Waals surface area (Å²) in [5, 5.41) is 14.1. The normalized spacial score (nSPS) is 20.9. The zero-order chi connectivity index (χ0) is 27.0. The monoisotopic (exact) mass is 528 g/mol. The molecule has 38 heavy (non-hydrogen) atoms. The number of hydrogen-bond acceptors (Lipinski definition) is 5. The molecule has 8 nitrogen and oxygen atoms in total. The predicted molar refractivity (Wildman–Crippen MR) is 136 cm³/mol. The van der Waals surface area contributed by atoms with E-state index in [0.29, 0.717) is 23.9 Å². The topological polar surface area (TPSA) is 93.8 Å². The van der Waals surface area contributed by atoms with E-state index < -0.39 is 35.7 Å². The van der Waals surface area contributed by atoms with E-state index in [2.05, 4.69) is 27.8 Å². The summed E-state index contributed by atoms with van der Waals surface area (Å²) in [4.78, 5) is 26.1. The summed E-state index contributed by atoms with van der Waals surface area (Å²) in [6.07, 6.45) is 4.05. The van der Waals surface area contributed by atoms with Crippen LogP contribution in [0.4, 0.5) is 18.9 Å². The number of nitrogens with one attached hydrogen (secondary N) is 2. The second-order valence-corrected chi connectivity index (χ2v) is 10.7. The van der Waals surface area contributed by atoms with Crippen molar-refractivity contribution >= 4 is 11.6 Å². The first-order chi connectivity index (χ1) is 18.2. The first-order valence-electron chi connectivity index (χ1n) is 12.8. The number of halogens is 3. The van der Waals surface area contributed by atoms with E-state index >= 15 is 0 Å². The fraction of sp³-hybridized carbons (Fsp3) is 0.481. The van der Waals surface area contributed by atoms with Gasteiger partial charge >= 0.3 is 0 Å². The molecule has 3 aromatic rings. The van der Waals surface area contributed by atoms with E-state index in [0.717, 1.165) is 48.2 Å². The molecule has 2 fully saturated rings. The van der Waals surface area contributed by atoms with Crippen molar-refractivity contribution in [2.45, 2.75) is 57.5 Å². The van der Waals surface area contributed by atoms with Crippen LogP contribution in [-0.4, -0.2) is 38.2 Å². The third-order valence-corrected chi connectivity index (χ3v) is 7.48. The van der Waals surface area contributed by atoms with Crippen molar-refractivity contribution in [2.24, 2.45) is 18.9 Å². The summed E-state index contributed by atoms with van der Waals surface area (Å²) in [7, 11) is 1.85. The fourth-order valence-electron chi connectivity index (χ4n) is 5.49. The molecule has 2 heterocycles. The van der Waals surface area contributed by atoms with Gasteiger partial charge in [-0.05, 0) is 73.4 Å². The molecular formula is C27H31F3N6O2. The Morgan fingerprint density at radius 2 is 2.00 bits per heavy atom. The van der Waals surface area contributed by atoms with Gasteiger partial charge in [-0.2, -0.15) is 0 Å². The minimum absolute atomic E-state index is 0.0920. The highest BCUT2D eigenvalue weighted by atomic mass is 19.3. The van der Waals surface area contributed by atoms with Crippen molar-refractivity contribution in [1.82, 2.24) is 24.6 Å². The number of rotatable bonds is 10. The number of carbonyl (C=O) groups excluding carboxylic acids is 1. The van der Waals surface area contributed by atoms with Crippen LogP contribution in [0, 0.1) is 17.7 Å². The van der Waals surface area contributed by atoms with E-state index in [-0.39, 0.29) is 11.3 Å². The third-order valence-electron chi connectivity index (χ3n) is 7.48. The van der Waals surface area contributed by atoms with Gasteiger partial charge in [-0.1, -0.05) is 13.0 Å². The number of carbonyl (C=O) groups is 1. The van der Waals surface area contributed by atoms with Crippen molar-refractivity contribution in [1.29, 1.82) is 0 Å².